The second-order valence-corrected chi connectivity index (χ2v) is 4.32. The summed E-state index contributed by atoms with van der Waals surface area (Å²) in [5, 5.41) is 18.5. The third-order valence-electron chi connectivity index (χ3n) is 2.74. The van der Waals surface area contributed by atoms with E-state index in [0.717, 1.165) is 5.69 Å². The zero-order chi connectivity index (χ0) is 15.1. The van der Waals surface area contributed by atoms with Crippen LogP contribution < -0.4 is 0 Å². The van der Waals surface area contributed by atoms with E-state index in [2.05, 4.69) is 4.98 Å². The summed E-state index contributed by atoms with van der Waals surface area (Å²) in [6, 6.07) is 9.84. The van der Waals surface area contributed by atoms with E-state index in [0.29, 0.717) is 12.0 Å². The highest BCUT2D eigenvalue weighted by Gasteiger charge is 2.01. The molecule has 2 N–H and O–H groups in total. The molecule has 1 aromatic heterocycles. The van der Waals surface area contributed by atoms with Crippen LogP contribution in [0.1, 0.15) is 11.3 Å². The Labute approximate surface area is 122 Å². The molecule has 0 atom stereocenters. The molecule has 2 aromatic rings. The minimum absolute atomic E-state index is 0.204. The van der Waals surface area contributed by atoms with Crippen molar-refractivity contribution in [3.8, 4) is 11.5 Å². The SMILES string of the molecule is O=C(/C=C/c1ccc(O)c(O)c1)OCCc1ccccn1. The first-order chi connectivity index (χ1) is 10.1. The molecule has 0 radical (unpaired) electrons. The van der Waals surface area contributed by atoms with Gasteiger partial charge < -0.3 is 14.9 Å². The zero-order valence-corrected chi connectivity index (χ0v) is 11.3. The molecular formula is C16H15NO4. The van der Waals surface area contributed by atoms with Crippen LogP contribution in [0.25, 0.3) is 6.08 Å². The summed E-state index contributed by atoms with van der Waals surface area (Å²) < 4.78 is 5.04. The fourth-order valence-corrected chi connectivity index (χ4v) is 1.66. The molecule has 0 aliphatic heterocycles. The lowest BCUT2D eigenvalue weighted by Crippen LogP contribution is -2.05. The number of carbonyl (C=O) groups excluding carboxylic acids is 1. The highest BCUT2D eigenvalue weighted by atomic mass is 16.5. The first kappa shape index (κ1) is 14.6. The lowest BCUT2D eigenvalue weighted by molar-refractivity contribution is -0.137. The van der Waals surface area contributed by atoms with Gasteiger partial charge in [0, 0.05) is 24.4 Å². The number of nitrogens with zero attached hydrogens (tertiary/aromatic N) is 1. The molecule has 2 rings (SSSR count). The van der Waals surface area contributed by atoms with Crippen LogP contribution in [0.5, 0.6) is 11.5 Å². The Balaban J connectivity index is 1.81. The van der Waals surface area contributed by atoms with Crippen molar-refractivity contribution < 1.29 is 19.7 Å². The molecule has 0 aliphatic carbocycles. The molecule has 21 heavy (non-hydrogen) atoms. The van der Waals surface area contributed by atoms with E-state index in [4.69, 9.17) is 4.74 Å². The number of carbonyl (C=O) groups is 1. The molecule has 0 spiro atoms. The van der Waals surface area contributed by atoms with Crippen LogP contribution in [-0.4, -0.2) is 27.8 Å². The number of rotatable bonds is 5. The van der Waals surface area contributed by atoms with Crippen LogP contribution in [0.3, 0.4) is 0 Å². The van der Waals surface area contributed by atoms with Gasteiger partial charge in [0.15, 0.2) is 11.5 Å². The van der Waals surface area contributed by atoms with Crippen molar-refractivity contribution in [1.29, 1.82) is 0 Å². The summed E-state index contributed by atoms with van der Waals surface area (Å²) in [6.07, 6.45) is 5.02. The van der Waals surface area contributed by atoms with E-state index < -0.39 is 5.97 Å². The Hall–Kier alpha value is -2.82. The molecule has 1 aromatic carbocycles. The lowest BCUT2D eigenvalue weighted by atomic mass is 10.2. The minimum atomic E-state index is -0.474. The van der Waals surface area contributed by atoms with Gasteiger partial charge in [-0.3, -0.25) is 4.98 Å². The summed E-state index contributed by atoms with van der Waals surface area (Å²) in [4.78, 5) is 15.6. The topological polar surface area (TPSA) is 79.7 Å². The average Bonchev–Trinajstić information content (AvgIpc) is 2.49. The number of hydrogen-bond acceptors (Lipinski definition) is 5. The number of phenols is 2. The Morgan fingerprint density at radius 1 is 1.19 bits per heavy atom. The molecule has 0 saturated carbocycles. The van der Waals surface area contributed by atoms with Gasteiger partial charge in [0.25, 0.3) is 0 Å². The van der Waals surface area contributed by atoms with Gasteiger partial charge in [0.05, 0.1) is 6.61 Å². The largest absolute Gasteiger partial charge is 0.504 e. The van der Waals surface area contributed by atoms with Crippen molar-refractivity contribution in [3.05, 3.63) is 59.9 Å². The maximum absolute atomic E-state index is 11.5. The Morgan fingerprint density at radius 3 is 2.76 bits per heavy atom. The van der Waals surface area contributed by atoms with Crippen molar-refractivity contribution in [2.24, 2.45) is 0 Å². The first-order valence-corrected chi connectivity index (χ1v) is 6.42. The molecular weight excluding hydrogens is 270 g/mol. The molecule has 0 unspecified atom stereocenters. The Kier molecular flexibility index (Phi) is 4.93. The number of aromatic nitrogens is 1. The van der Waals surface area contributed by atoms with Gasteiger partial charge in [-0.25, -0.2) is 4.79 Å². The molecule has 108 valence electrons. The number of ether oxygens (including phenoxy) is 1. The number of benzene rings is 1. The number of aromatic hydroxyl groups is 2. The molecule has 0 bridgehead atoms. The van der Waals surface area contributed by atoms with Crippen LogP contribution >= 0.6 is 0 Å². The van der Waals surface area contributed by atoms with Crippen molar-refractivity contribution in [2.45, 2.75) is 6.42 Å². The second kappa shape index (κ2) is 7.09. The summed E-state index contributed by atoms with van der Waals surface area (Å²) in [7, 11) is 0. The highest BCUT2D eigenvalue weighted by Crippen LogP contribution is 2.25. The normalized spacial score (nSPS) is 10.7. The molecule has 1 heterocycles. The predicted octanol–water partition coefficient (Wildman–Crippen LogP) is 2.29. The summed E-state index contributed by atoms with van der Waals surface area (Å²) in [6.45, 7) is 0.251. The van der Waals surface area contributed by atoms with Crippen molar-refractivity contribution in [2.75, 3.05) is 6.61 Å². The number of phenolic OH excluding ortho intramolecular Hbond substituents is 2. The van der Waals surface area contributed by atoms with E-state index >= 15 is 0 Å². The quantitative estimate of drug-likeness (QED) is 0.500. The van der Waals surface area contributed by atoms with Gasteiger partial charge in [-0.15, -0.1) is 0 Å². The lowest BCUT2D eigenvalue weighted by Gasteiger charge is -2.02. The van der Waals surface area contributed by atoms with Gasteiger partial charge >= 0.3 is 5.97 Å². The van der Waals surface area contributed by atoms with Crippen LogP contribution in [0.2, 0.25) is 0 Å². The molecule has 0 amide bonds. The first-order valence-electron chi connectivity index (χ1n) is 6.42. The maximum Gasteiger partial charge on any atom is 0.330 e. The number of hydrogen-bond donors (Lipinski definition) is 2. The third kappa shape index (κ3) is 4.65. The van der Waals surface area contributed by atoms with Crippen LogP contribution in [-0.2, 0) is 16.0 Å². The summed E-state index contributed by atoms with van der Waals surface area (Å²) >= 11 is 0. The maximum atomic E-state index is 11.5. The van der Waals surface area contributed by atoms with Gasteiger partial charge in [0.1, 0.15) is 0 Å². The smallest absolute Gasteiger partial charge is 0.330 e. The van der Waals surface area contributed by atoms with E-state index in [9.17, 15) is 15.0 Å². The van der Waals surface area contributed by atoms with Crippen molar-refractivity contribution in [3.63, 3.8) is 0 Å². The molecule has 0 aliphatic rings. The monoisotopic (exact) mass is 285 g/mol. The third-order valence-corrected chi connectivity index (χ3v) is 2.74. The number of esters is 1. The van der Waals surface area contributed by atoms with E-state index in [1.54, 1.807) is 12.3 Å². The Bertz CT molecular complexity index is 638. The second-order valence-electron chi connectivity index (χ2n) is 4.32. The predicted molar refractivity (Wildman–Crippen MR) is 77.7 cm³/mol. The fraction of sp³-hybridized carbons (Fsp3) is 0.125. The van der Waals surface area contributed by atoms with Crippen LogP contribution in [0, 0.1) is 0 Å². The highest BCUT2D eigenvalue weighted by molar-refractivity contribution is 5.87. The number of pyridine rings is 1. The van der Waals surface area contributed by atoms with Crippen LogP contribution in [0.15, 0.2) is 48.7 Å². The van der Waals surface area contributed by atoms with Gasteiger partial charge in [-0.05, 0) is 35.9 Å². The molecule has 0 fully saturated rings. The minimum Gasteiger partial charge on any atom is -0.504 e. The summed E-state index contributed by atoms with van der Waals surface area (Å²) in [5.74, 6) is -0.913. The fourth-order valence-electron chi connectivity index (χ4n) is 1.66. The van der Waals surface area contributed by atoms with Gasteiger partial charge in [-0.2, -0.15) is 0 Å². The van der Waals surface area contributed by atoms with Gasteiger partial charge in [-0.1, -0.05) is 12.1 Å². The Morgan fingerprint density at radius 2 is 2.05 bits per heavy atom. The van der Waals surface area contributed by atoms with Crippen molar-refractivity contribution in [1.82, 2.24) is 4.98 Å². The van der Waals surface area contributed by atoms with Crippen molar-refractivity contribution >= 4 is 12.0 Å². The van der Waals surface area contributed by atoms with Gasteiger partial charge in [0.2, 0.25) is 0 Å². The average molecular weight is 285 g/mol. The van der Waals surface area contributed by atoms with E-state index in [1.165, 1.54) is 24.3 Å². The molecule has 0 saturated heterocycles. The summed E-state index contributed by atoms with van der Waals surface area (Å²) in [5.41, 5.74) is 1.45. The standard InChI is InChI=1S/C16H15NO4/c18-14-6-4-12(11-15(14)19)5-7-16(20)21-10-8-13-3-1-2-9-17-13/h1-7,9,11,18-19H,8,10H2/b7-5+. The van der Waals surface area contributed by atoms with E-state index in [1.807, 2.05) is 18.2 Å². The molecule has 5 heteroatoms. The zero-order valence-electron chi connectivity index (χ0n) is 11.3. The van der Waals surface area contributed by atoms with Crippen LogP contribution in [0.4, 0.5) is 0 Å². The molecule has 5 nitrogen and oxygen atoms in total. The van der Waals surface area contributed by atoms with E-state index in [-0.39, 0.29) is 18.1 Å².